The van der Waals surface area contributed by atoms with E-state index in [1.165, 1.54) is 6.07 Å². The number of rotatable bonds is 7. The average Bonchev–Trinajstić information content (AvgIpc) is 2.28. The molecule has 0 atom stereocenters. The quantitative estimate of drug-likeness (QED) is 0.543. The lowest BCUT2D eigenvalue weighted by Crippen LogP contribution is -2.03. The summed E-state index contributed by atoms with van der Waals surface area (Å²) in [7, 11) is 0. The van der Waals surface area contributed by atoms with Crippen LogP contribution in [0.2, 0.25) is 0 Å². The fourth-order valence-electron chi connectivity index (χ4n) is 1.45. The van der Waals surface area contributed by atoms with E-state index >= 15 is 0 Å². The minimum absolute atomic E-state index is 0.240. The second-order valence-corrected chi connectivity index (χ2v) is 3.69. The zero-order chi connectivity index (χ0) is 11.8. The van der Waals surface area contributed by atoms with Crippen molar-refractivity contribution in [3.05, 3.63) is 42.5 Å². The van der Waals surface area contributed by atoms with Crippen LogP contribution in [-0.2, 0) is 0 Å². The van der Waals surface area contributed by atoms with Crippen molar-refractivity contribution < 1.29 is 8.78 Å². The van der Waals surface area contributed by atoms with E-state index in [2.05, 4.69) is 11.9 Å². The van der Waals surface area contributed by atoms with Crippen molar-refractivity contribution >= 4 is 5.69 Å². The van der Waals surface area contributed by atoms with Crippen LogP contribution in [0.1, 0.15) is 25.7 Å². The van der Waals surface area contributed by atoms with Gasteiger partial charge >= 0.3 is 0 Å². The van der Waals surface area contributed by atoms with Gasteiger partial charge in [-0.15, -0.1) is 6.58 Å². The summed E-state index contributed by atoms with van der Waals surface area (Å²) in [5.74, 6) is -0.831. The van der Waals surface area contributed by atoms with Gasteiger partial charge in [-0.25, -0.2) is 8.78 Å². The van der Waals surface area contributed by atoms with E-state index in [1.54, 1.807) is 0 Å². The summed E-state index contributed by atoms with van der Waals surface area (Å²) in [5.41, 5.74) is 0.240. The van der Waals surface area contributed by atoms with Gasteiger partial charge in [-0.1, -0.05) is 12.5 Å². The lowest BCUT2D eigenvalue weighted by Gasteiger charge is -2.07. The van der Waals surface area contributed by atoms with Gasteiger partial charge in [0, 0.05) is 6.54 Å². The summed E-state index contributed by atoms with van der Waals surface area (Å²) >= 11 is 0. The molecule has 1 aromatic rings. The van der Waals surface area contributed by atoms with E-state index < -0.39 is 11.6 Å². The van der Waals surface area contributed by atoms with E-state index in [-0.39, 0.29) is 5.69 Å². The highest BCUT2D eigenvalue weighted by Gasteiger charge is 2.02. The van der Waals surface area contributed by atoms with Crippen molar-refractivity contribution in [2.24, 2.45) is 0 Å². The second kappa shape index (κ2) is 6.99. The molecule has 1 nitrogen and oxygen atoms in total. The van der Waals surface area contributed by atoms with Crippen LogP contribution < -0.4 is 5.32 Å². The topological polar surface area (TPSA) is 12.0 Å². The smallest absolute Gasteiger partial charge is 0.146 e. The first-order valence-electron chi connectivity index (χ1n) is 5.54. The highest BCUT2D eigenvalue weighted by atomic mass is 19.1. The van der Waals surface area contributed by atoms with Gasteiger partial charge in [0.15, 0.2) is 0 Å². The van der Waals surface area contributed by atoms with Crippen LogP contribution in [0.5, 0.6) is 0 Å². The molecule has 88 valence electrons. The van der Waals surface area contributed by atoms with Crippen molar-refractivity contribution in [1.82, 2.24) is 0 Å². The van der Waals surface area contributed by atoms with Crippen molar-refractivity contribution in [3.63, 3.8) is 0 Å². The predicted molar refractivity (Wildman–Crippen MR) is 63.5 cm³/mol. The number of hydrogen-bond acceptors (Lipinski definition) is 1. The Morgan fingerprint density at radius 3 is 2.75 bits per heavy atom. The van der Waals surface area contributed by atoms with Crippen LogP contribution >= 0.6 is 0 Å². The van der Waals surface area contributed by atoms with E-state index in [4.69, 9.17) is 0 Å². The zero-order valence-electron chi connectivity index (χ0n) is 9.31. The Hall–Kier alpha value is -1.38. The number of anilines is 1. The molecular formula is C13H17F2N. The first-order chi connectivity index (χ1) is 7.74. The largest absolute Gasteiger partial charge is 0.383 e. The summed E-state index contributed by atoms with van der Waals surface area (Å²) in [4.78, 5) is 0. The molecule has 0 saturated carbocycles. The van der Waals surface area contributed by atoms with E-state index in [9.17, 15) is 8.78 Å². The average molecular weight is 225 g/mol. The van der Waals surface area contributed by atoms with Gasteiger partial charge in [0.2, 0.25) is 0 Å². The standard InChI is InChI=1S/C13H17F2N/c1-2-3-4-5-6-9-16-13-10-11(14)7-8-12(13)15/h2,7-8,10,16H,1,3-6,9H2. The fraction of sp³-hybridized carbons (Fsp3) is 0.385. The Morgan fingerprint density at radius 1 is 1.19 bits per heavy atom. The normalized spacial score (nSPS) is 10.1. The molecule has 0 radical (unpaired) electrons. The highest BCUT2D eigenvalue weighted by molar-refractivity contribution is 5.44. The lowest BCUT2D eigenvalue weighted by atomic mass is 10.2. The molecule has 16 heavy (non-hydrogen) atoms. The number of halogens is 2. The van der Waals surface area contributed by atoms with Gasteiger partial charge < -0.3 is 5.32 Å². The highest BCUT2D eigenvalue weighted by Crippen LogP contribution is 2.15. The molecule has 3 heteroatoms. The maximum absolute atomic E-state index is 13.2. The first kappa shape index (κ1) is 12.7. The third-order valence-corrected chi connectivity index (χ3v) is 2.33. The van der Waals surface area contributed by atoms with Crippen molar-refractivity contribution in [2.75, 3.05) is 11.9 Å². The maximum atomic E-state index is 13.2. The molecule has 1 N–H and O–H groups in total. The summed E-state index contributed by atoms with van der Waals surface area (Å²) in [6.45, 7) is 4.30. The maximum Gasteiger partial charge on any atom is 0.146 e. The minimum atomic E-state index is -0.421. The molecule has 0 aliphatic carbocycles. The van der Waals surface area contributed by atoms with Crippen molar-refractivity contribution in [2.45, 2.75) is 25.7 Å². The van der Waals surface area contributed by atoms with Gasteiger partial charge in [-0.3, -0.25) is 0 Å². The van der Waals surface area contributed by atoms with Gasteiger partial charge in [0.1, 0.15) is 11.6 Å². The molecule has 0 saturated heterocycles. The molecule has 0 aromatic heterocycles. The lowest BCUT2D eigenvalue weighted by molar-refractivity contribution is 0.601. The molecule has 0 aliphatic heterocycles. The summed E-state index contributed by atoms with van der Waals surface area (Å²) < 4.78 is 26.0. The van der Waals surface area contributed by atoms with Crippen molar-refractivity contribution in [1.29, 1.82) is 0 Å². The van der Waals surface area contributed by atoms with Gasteiger partial charge in [0.25, 0.3) is 0 Å². The minimum Gasteiger partial charge on any atom is -0.383 e. The molecule has 0 spiro atoms. The number of nitrogens with one attached hydrogen (secondary N) is 1. The Bertz CT molecular complexity index is 337. The van der Waals surface area contributed by atoms with E-state index in [1.807, 2.05) is 6.08 Å². The van der Waals surface area contributed by atoms with Crippen LogP contribution in [0.15, 0.2) is 30.9 Å². The van der Waals surface area contributed by atoms with Crippen LogP contribution in [0.3, 0.4) is 0 Å². The monoisotopic (exact) mass is 225 g/mol. The molecule has 0 bridgehead atoms. The molecule has 0 aliphatic rings. The first-order valence-corrected chi connectivity index (χ1v) is 5.54. The fourth-order valence-corrected chi connectivity index (χ4v) is 1.45. The van der Waals surface area contributed by atoms with Crippen LogP contribution in [0, 0.1) is 11.6 Å². The van der Waals surface area contributed by atoms with Crippen LogP contribution in [0.4, 0.5) is 14.5 Å². The molecule has 0 unspecified atom stereocenters. The number of allylic oxidation sites excluding steroid dienone is 1. The molecule has 0 amide bonds. The third-order valence-electron chi connectivity index (χ3n) is 2.33. The van der Waals surface area contributed by atoms with E-state index in [0.29, 0.717) is 6.54 Å². The molecule has 1 rings (SSSR count). The number of unbranched alkanes of at least 4 members (excludes halogenated alkanes) is 3. The van der Waals surface area contributed by atoms with Crippen LogP contribution in [-0.4, -0.2) is 6.54 Å². The van der Waals surface area contributed by atoms with E-state index in [0.717, 1.165) is 37.8 Å². The van der Waals surface area contributed by atoms with Crippen LogP contribution in [0.25, 0.3) is 0 Å². The Labute approximate surface area is 95.2 Å². The van der Waals surface area contributed by atoms with Crippen molar-refractivity contribution in [3.8, 4) is 0 Å². The Balaban J connectivity index is 2.26. The molecule has 0 heterocycles. The van der Waals surface area contributed by atoms with Gasteiger partial charge in [0.05, 0.1) is 5.69 Å². The third kappa shape index (κ3) is 4.43. The second-order valence-electron chi connectivity index (χ2n) is 3.69. The molecule has 0 fully saturated rings. The summed E-state index contributed by atoms with van der Waals surface area (Å²) in [6, 6.07) is 3.43. The van der Waals surface area contributed by atoms with Gasteiger partial charge in [-0.05, 0) is 37.5 Å². The SMILES string of the molecule is C=CCCCCCNc1cc(F)ccc1F. The molecule has 1 aromatic carbocycles. The Kier molecular flexibility index (Phi) is 5.54. The zero-order valence-corrected chi connectivity index (χ0v) is 9.31. The Morgan fingerprint density at radius 2 is 2.00 bits per heavy atom. The predicted octanol–water partition coefficient (Wildman–Crippen LogP) is 4.12. The number of benzene rings is 1. The summed E-state index contributed by atoms with van der Waals surface area (Å²) in [5, 5.41) is 2.89. The number of hydrogen-bond donors (Lipinski definition) is 1. The molecular weight excluding hydrogens is 208 g/mol. The van der Waals surface area contributed by atoms with Gasteiger partial charge in [-0.2, -0.15) is 0 Å². The summed E-state index contributed by atoms with van der Waals surface area (Å²) in [6.07, 6.45) is 6.00.